The number of hydrogen-bond donors (Lipinski definition) is 0. The highest BCUT2D eigenvalue weighted by Crippen LogP contribution is 2.30. The number of fused-ring (bicyclic) bond motifs is 3. The van der Waals surface area contributed by atoms with E-state index in [4.69, 9.17) is 0 Å². The van der Waals surface area contributed by atoms with E-state index in [1.54, 1.807) is 22.6 Å². The summed E-state index contributed by atoms with van der Waals surface area (Å²) in [5.74, 6) is 0.395. The fraction of sp³-hybridized carbons (Fsp3) is 0.167. The molecule has 1 aromatic carbocycles. The Morgan fingerprint density at radius 3 is 2.88 bits per heavy atom. The number of carbonyl (C=O) groups excluding carboxylic acids is 1. The second-order valence-corrected chi connectivity index (χ2v) is 7.38. The standard InChI is InChI=1S/C18H16N4OS2/c1-2-21(13-6-4-3-5-7-13)17(23)11-25-18-15-10-16-14(8-9-24-16)22(15)12-19-20-18/h3-10,12H,2,11H2,1H3. The van der Waals surface area contributed by atoms with Gasteiger partial charge in [0.2, 0.25) is 5.91 Å². The molecule has 0 bridgehead atoms. The molecule has 25 heavy (non-hydrogen) atoms. The van der Waals surface area contributed by atoms with Crippen LogP contribution in [0.2, 0.25) is 0 Å². The van der Waals surface area contributed by atoms with Crippen molar-refractivity contribution >= 4 is 50.4 Å². The molecule has 0 aliphatic rings. The summed E-state index contributed by atoms with van der Waals surface area (Å²) >= 11 is 3.13. The Balaban J connectivity index is 1.56. The van der Waals surface area contributed by atoms with Crippen LogP contribution in [0.25, 0.3) is 15.7 Å². The van der Waals surface area contributed by atoms with Gasteiger partial charge in [-0.3, -0.25) is 9.20 Å². The number of nitrogens with zero attached hydrogens (tertiary/aromatic N) is 4. The first-order valence-electron chi connectivity index (χ1n) is 7.96. The van der Waals surface area contributed by atoms with Crippen molar-refractivity contribution in [1.29, 1.82) is 0 Å². The lowest BCUT2D eigenvalue weighted by molar-refractivity contribution is -0.116. The van der Waals surface area contributed by atoms with Gasteiger partial charge < -0.3 is 4.90 Å². The molecule has 4 aromatic rings. The van der Waals surface area contributed by atoms with Gasteiger partial charge in [0.1, 0.15) is 11.4 Å². The molecule has 5 nitrogen and oxygen atoms in total. The molecular weight excluding hydrogens is 352 g/mol. The van der Waals surface area contributed by atoms with Crippen LogP contribution in [0.3, 0.4) is 0 Å². The number of benzene rings is 1. The van der Waals surface area contributed by atoms with Crippen molar-refractivity contribution < 1.29 is 4.79 Å². The van der Waals surface area contributed by atoms with E-state index in [2.05, 4.69) is 27.7 Å². The number of carbonyl (C=O) groups is 1. The van der Waals surface area contributed by atoms with E-state index in [0.717, 1.165) is 21.7 Å². The summed E-state index contributed by atoms with van der Waals surface area (Å²) in [6.45, 7) is 2.62. The van der Waals surface area contributed by atoms with Crippen LogP contribution in [0.15, 0.2) is 59.2 Å². The van der Waals surface area contributed by atoms with E-state index in [9.17, 15) is 4.79 Å². The van der Waals surface area contributed by atoms with E-state index < -0.39 is 0 Å². The second kappa shape index (κ2) is 6.85. The number of thiophene rings is 1. The summed E-state index contributed by atoms with van der Waals surface area (Å²) < 4.78 is 3.22. The molecule has 4 rings (SSSR count). The third kappa shape index (κ3) is 3.01. The van der Waals surface area contributed by atoms with Gasteiger partial charge in [0.15, 0.2) is 0 Å². The van der Waals surface area contributed by atoms with Crippen molar-refractivity contribution in [1.82, 2.24) is 14.6 Å². The van der Waals surface area contributed by atoms with Crippen molar-refractivity contribution in [2.24, 2.45) is 0 Å². The molecule has 0 aliphatic carbocycles. The van der Waals surface area contributed by atoms with Crippen LogP contribution in [0.5, 0.6) is 0 Å². The van der Waals surface area contributed by atoms with Crippen LogP contribution >= 0.6 is 23.1 Å². The maximum Gasteiger partial charge on any atom is 0.237 e. The highest BCUT2D eigenvalue weighted by atomic mass is 32.2. The fourth-order valence-electron chi connectivity index (χ4n) is 2.84. The average molecular weight is 368 g/mol. The van der Waals surface area contributed by atoms with E-state index >= 15 is 0 Å². The summed E-state index contributed by atoms with van der Waals surface area (Å²) in [5, 5.41) is 11.2. The van der Waals surface area contributed by atoms with Crippen LogP contribution in [-0.4, -0.2) is 32.8 Å². The number of amides is 1. The lowest BCUT2D eigenvalue weighted by atomic mass is 10.3. The molecule has 1 amide bonds. The largest absolute Gasteiger partial charge is 0.312 e. The van der Waals surface area contributed by atoms with Crippen LogP contribution in [-0.2, 0) is 4.79 Å². The van der Waals surface area contributed by atoms with Gasteiger partial charge in [-0.1, -0.05) is 30.0 Å². The minimum Gasteiger partial charge on any atom is -0.312 e. The molecular formula is C18H16N4OS2. The van der Waals surface area contributed by atoms with Gasteiger partial charge in [-0.05, 0) is 36.6 Å². The maximum atomic E-state index is 12.7. The number of hydrogen-bond acceptors (Lipinski definition) is 5. The van der Waals surface area contributed by atoms with Crippen LogP contribution < -0.4 is 4.90 Å². The Bertz CT molecular complexity index is 1030. The van der Waals surface area contributed by atoms with Gasteiger partial charge in [-0.2, -0.15) is 0 Å². The van der Waals surface area contributed by atoms with Crippen LogP contribution in [0, 0.1) is 0 Å². The van der Waals surface area contributed by atoms with E-state index in [0.29, 0.717) is 12.3 Å². The first kappa shape index (κ1) is 16.1. The molecule has 0 saturated heterocycles. The van der Waals surface area contributed by atoms with E-state index in [-0.39, 0.29) is 5.91 Å². The third-order valence-electron chi connectivity index (χ3n) is 4.01. The van der Waals surface area contributed by atoms with Gasteiger partial charge in [-0.15, -0.1) is 21.5 Å². The molecule has 0 radical (unpaired) electrons. The fourth-order valence-corrected chi connectivity index (χ4v) is 4.47. The highest BCUT2D eigenvalue weighted by Gasteiger charge is 2.16. The van der Waals surface area contributed by atoms with Crippen molar-refractivity contribution in [3.05, 3.63) is 54.2 Å². The molecule has 0 N–H and O–H groups in total. The minimum absolute atomic E-state index is 0.0656. The molecule has 7 heteroatoms. The van der Waals surface area contributed by atoms with Gasteiger partial charge in [0.05, 0.1) is 21.5 Å². The molecule has 0 aliphatic heterocycles. The van der Waals surface area contributed by atoms with Gasteiger partial charge in [0, 0.05) is 12.2 Å². The second-order valence-electron chi connectivity index (χ2n) is 5.47. The monoisotopic (exact) mass is 368 g/mol. The molecule has 126 valence electrons. The Kier molecular flexibility index (Phi) is 4.42. The molecule has 3 aromatic heterocycles. The Morgan fingerprint density at radius 1 is 1.24 bits per heavy atom. The minimum atomic E-state index is 0.0656. The lowest BCUT2D eigenvalue weighted by Gasteiger charge is -2.20. The summed E-state index contributed by atoms with van der Waals surface area (Å²) in [7, 11) is 0. The smallest absolute Gasteiger partial charge is 0.237 e. The number of thioether (sulfide) groups is 1. The van der Waals surface area contributed by atoms with Crippen LogP contribution in [0.4, 0.5) is 5.69 Å². The molecule has 3 heterocycles. The topological polar surface area (TPSA) is 50.5 Å². The summed E-state index contributed by atoms with van der Waals surface area (Å²) in [5.41, 5.74) is 3.04. The number of aromatic nitrogens is 3. The first-order valence-corrected chi connectivity index (χ1v) is 9.82. The number of para-hydroxylation sites is 1. The first-order chi connectivity index (χ1) is 12.3. The highest BCUT2D eigenvalue weighted by molar-refractivity contribution is 8.00. The predicted octanol–water partition coefficient (Wildman–Crippen LogP) is 4.09. The summed E-state index contributed by atoms with van der Waals surface area (Å²) in [4.78, 5) is 14.4. The number of anilines is 1. The Hall–Kier alpha value is -2.38. The van der Waals surface area contributed by atoms with Gasteiger partial charge >= 0.3 is 0 Å². The summed E-state index contributed by atoms with van der Waals surface area (Å²) in [6.07, 6.45) is 1.72. The number of rotatable bonds is 5. The Morgan fingerprint density at radius 2 is 2.08 bits per heavy atom. The van der Waals surface area contributed by atoms with E-state index in [1.807, 2.05) is 41.7 Å². The lowest BCUT2D eigenvalue weighted by Crippen LogP contribution is -2.32. The maximum absolute atomic E-state index is 12.7. The van der Waals surface area contributed by atoms with Gasteiger partial charge in [-0.25, -0.2) is 0 Å². The zero-order valence-corrected chi connectivity index (χ0v) is 15.3. The SMILES string of the molecule is CCN(C(=O)CSc1nncn2c1cc1sccc12)c1ccccc1. The zero-order valence-electron chi connectivity index (χ0n) is 13.6. The molecule has 0 atom stereocenters. The normalized spacial score (nSPS) is 11.2. The van der Waals surface area contributed by atoms with E-state index in [1.165, 1.54) is 16.5 Å². The van der Waals surface area contributed by atoms with Crippen molar-refractivity contribution in [2.45, 2.75) is 11.9 Å². The molecule has 0 spiro atoms. The van der Waals surface area contributed by atoms with Crippen LogP contribution in [0.1, 0.15) is 6.92 Å². The van der Waals surface area contributed by atoms with Gasteiger partial charge in [0.25, 0.3) is 0 Å². The van der Waals surface area contributed by atoms with Crippen molar-refractivity contribution in [3.8, 4) is 0 Å². The third-order valence-corrected chi connectivity index (χ3v) is 5.82. The predicted molar refractivity (Wildman–Crippen MR) is 104 cm³/mol. The average Bonchev–Trinajstić information content (AvgIpc) is 3.23. The quantitative estimate of drug-likeness (QED) is 0.498. The zero-order chi connectivity index (χ0) is 17.2. The Labute approximate surface area is 153 Å². The molecule has 0 fully saturated rings. The summed E-state index contributed by atoms with van der Waals surface area (Å²) in [6, 6.07) is 13.9. The van der Waals surface area contributed by atoms with Crippen molar-refractivity contribution in [3.63, 3.8) is 0 Å². The van der Waals surface area contributed by atoms with Crippen molar-refractivity contribution in [2.75, 3.05) is 17.2 Å². The molecule has 0 unspecified atom stereocenters. The molecule has 0 saturated carbocycles.